The average molecular weight is 294 g/mol. The molecule has 3 heteroatoms. The van der Waals surface area contributed by atoms with Gasteiger partial charge in [0, 0.05) is 21.7 Å². The van der Waals surface area contributed by atoms with E-state index in [1.165, 1.54) is 5.56 Å². The van der Waals surface area contributed by atoms with E-state index >= 15 is 0 Å². The lowest BCUT2D eigenvalue weighted by Gasteiger charge is -2.14. The van der Waals surface area contributed by atoms with Crippen LogP contribution in [-0.4, -0.2) is 6.54 Å². The molecule has 19 heavy (non-hydrogen) atoms. The van der Waals surface area contributed by atoms with E-state index in [2.05, 4.69) is 43.4 Å². The Kier molecular flexibility index (Phi) is 4.87. The number of hydrogen-bond donors (Lipinski definition) is 1. The van der Waals surface area contributed by atoms with Crippen molar-refractivity contribution in [2.45, 2.75) is 19.9 Å². The summed E-state index contributed by atoms with van der Waals surface area (Å²) < 4.78 is 0. The maximum Gasteiger partial charge on any atom is 0.0499 e. The molecule has 1 atom stereocenters. The fourth-order valence-electron chi connectivity index (χ4n) is 2.12. The summed E-state index contributed by atoms with van der Waals surface area (Å²) in [6.45, 7) is 5.22. The zero-order valence-electron chi connectivity index (χ0n) is 11.1. The SMILES string of the molecule is CCNC(C)c1cccc(-c2ccc(Cl)cc2Cl)c1. The maximum absolute atomic E-state index is 6.26. The second kappa shape index (κ2) is 6.42. The van der Waals surface area contributed by atoms with E-state index in [-0.39, 0.29) is 0 Å². The molecule has 0 saturated carbocycles. The van der Waals surface area contributed by atoms with Crippen LogP contribution in [0.4, 0.5) is 0 Å². The van der Waals surface area contributed by atoms with Crippen LogP contribution in [0, 0.1) is 0 Å². The van der Waals surface area contributed by atoms with Gasteiger partial charge in [0.25, 0.3) is 0 Å². The molecule has 2 aromatic carbocycles. The third-order valence-electron chi connectivity index (χ3n) is 3.14. The van der Waals surface area contributed by atoms with E-state index < -0.39 is 0 Å². The normalized spacial score (nSPS) is 12.4. The minimum absolute atomic E-state index is 0.330. The van der Waals surface area contributed by atoms with Gasteiger partial charge in [0.2, 0.25) is 0 Å². The Balaban J connectivity index is 2.37. The molecule has 0 fully saturated rings. The van der Waals surface area contributed by atoms with Gasteiger partial charge < -0.3 is 5.32 Å². The van der Waals surface area contributed by atoms with E-state index in [9.17, 15) is 0 Å². The Bertz CT molecular complexity index is 566. The van der Waals surface area contributed by atoms with Gasteiger partial charge in [-0.25, -0.2) is 0 Å². The fraction of sp³-hybridized carbons (Fsp3) is 0.250. The van der Waals surface area contributed by atoms with Crippen LogP contribution in [0.15, 0.2) is 42.5 Å². The molecular formula is C16H17Cl2N. The molecule has 1 N–H and O–H groups in total. The van der Waals surface area contributed by atoms with E-state index in [4.69, 9.17) is 23.2 Å². The predicted molar refractivity (Wildman–Crippen MR) is 84.0 cm³/mol. The monoisotopic (exact) mass is 293 g/mol. The number of halogens is 2. The van der Waals surface area contributed by atoms with Crippen LogP contribution in [0.5, 0.6) is 0 Å². The molecule has 0 aliphatic rings. The quantitative estimate of drug-likeness (QED) is 0.803. The van der Waals surface area contributed by atoms with Crippen LogP contribution in [0.25, 0.3) is 11.1 Å². The summed E-state index contributed by atoms with van der Waals surface area (Å²) in [6, 6.07) is 14.4. The van der Waals surface area contributed by atoms with Gasteiger partial charge in [0.1, 0.15) is 0 Å². The average Bonchev–Trinajstić information content (AvgIpc) is 2.39. The minimum Gasteiger partial charge on any atom is -0.310 e. The number of hydrogen-bond acceptors (Lipinski definition) is 1. The van der Waals surface area contributed by atoms with Crippen molar-refractivity contribution < 1.29 is 0 Å². The van der Waals surface area contributed by atoms with E-state index in [0.29, 0.717) is 16.1 Å². The molecule has 2 aromatic rings. The molecule has 0 spiro atoms. The van der Waals surface area contributed by atoms with Crippen LogP contribution < -0.4 is 5.32 Å². The summed E-state index contributed by atoms with van der Waals surface area (Å²) >= 11 is 12.2. The highest BCUT2D eigenvalue weighted by Crippen LogP contribution is 2.31. The summed E-state index contributed by atoms with van der Waals surface area (Å²) in [5.41, 5.74) is 3.38. The predicted octanol–water partition coefficient (Wildman–Crippen LogP) is 5.33. The zero-order chi connectivity index (χ0) is 13.8. The van der Waals surface area contributed by atoms with Crippen molar-refractivity contribution in [1.29, 1.82) is 0 Å². The van der Waals surface area contributed by atoms with Gasteiger partial charge in [-0.05, 0) is 42.8 Å². The van der Waals surface area contributed by atoms with Crippen molar-refractivity contribution in [3.05, 3.63) is 58.1 Å². The maximum atomic E-state index is 6.26. The highest BCUT2D eigenvalue weighted by atomic mass is 35.5. The Labute approximate surface area is 124 Å². The second-order valence-electron chi connectivity index (χ2n) is 4.53. The van der Waals surface area contributed by atoms with Crippen molar-refractivity contribution in [2.24, 2.45) is 0 Å². The van der Waals surface area contributed by atoms with Crippen LogP contribution >= 0.6 is 23.2 Å². The van der Waals surface area contributed by atoms with Gasteiger partial charge in [-0.1, -0.05) is 54.4 Å². The first-order valence-electron chi connectivity index (χ1n) is 6.40. The summed E-state index contributed by atoms with van der Waals surface area (Å²) in [5.74, 6) is 0. The lowest BCUT2D eigenvalue weighted by Crippen LogP contribution is -2.17. The lowest BCUT2D eigenvalue weighted by atomic mass is 10.00. The molecule has 0 amide bonds. The van der Waals surface area contributed by atoms with Crippen molar-refractivity contribution in [1.82, 2.24) is 5.32 Å². The van der Waals surface area contributed by atoms with Crippen LogP contribution in [0.2, 0.25) is 10.0 Å². The highest BCUT2D eigenvalue weighted by Gasteiger charge is 2.08. The van der Waals surface area contributed by atoms with E-state index in [1.54, 1.807) is 6.07 Å². The first kappa shape index (κ1) is 14.4. The van der Waals surface area contributed by atoms with Crippen LogP contribution in [0.3, 0.4) is 0 Å². The molecule has 0 heterocycles. The van der Waals surface area contributed by atoms with Gasteiger partial charge >= 0.3 is 0 Å². The largest absolute Gasteiger partial charge is 0.310 e. The van der Waals surface area contributed by atoms with Crippen molar-refractivity contribution >= 4 is 23.2 Å². The topological polar surface area (TPSA) is 12.0 Å². The Morgan fingerprint density at radius 3 is 2.58 bits per heavy atom. The molecule has 0 bridgehead atoms. The van der Waals surface area contributed by atoms with Gasteiger partial charge in [-0.15, -0.1) is 0 Å². The summed E-state index contributed by atoms with van der Waals surface area (Å²) in [7, 11) is 0. The lowest BCUT2D eigenvalue weighted by molar-refractivity contribution is 0.598. The molecule has 0 aromatic heterocycles. The van der Waals surface area contributed by atoms with Crippen molar-refractivity contribution in [2.75, 3.05) is 6.54 Å². The molecule has 0 aliphatic heterocycles. The fourth-order valence-corrected chi connectivity index (χ4v) is 2.64. The van der Waals surface area contributed by atoms with Gasteiger partial charge in [0.05, 0.1) is 0 Å². The van der Waals surface area contributed by atoms with E-state index in [0.717, 1.165) is 17.7 Å². The van der Waals surface area contributed by atoms with Gasteiger partial charge in [-0.3, -0.25) is 0 Å². The third-order valence-corrected chi connectivity index (χ3v) is 3.69. The Hall–Kier alpha value is -1.02. The standard InChI is InChI=1S/C16H17Cl2N/c1-3-19-11(2)12-5-4-6-13(9-12)15-8-7-14(17)10-16(15)18/h4-11,19H,3H2,1-2H3. The summed E-state index contributed by atoms with van der Waals surface area (Å²) in [4.78, 5) is 0. The molecule has 2 rings (SSSR count). The Morgan fingerprint density at radius 2 is 1.89 bits per heavy atom. The van der Waals surface area contributed by atoms with Crippen molar-refractivity contribution in [3.63, 3.8) is 0 Å². The van der Waals surface area contributed by atoms with E-state index in [1.807, 2.05) is 12.1 Å². The molecular weight excluding hydrogens is 277 g/mol. The molecule has 0 aliphatic carbocycles. The summed E-state index contributed by atoms with van der Waals surface area (Å²) in [5, 5.41) is 4.75. The minimum atomic E-state index is 0.330. The van der Waals surface area contributed by atoms with Gasteiger partial charge in [0.15, 0.2) is 0 Å². The first-order chi connectivity index (χ1) is 9.11. The van der Waals surface area contributed by atoms with Gasteiger partial charge in [-0.2, -0.15) is 0 Å². The number of nitrogens with one attached hydrogen (secondary N) is 1. The first-order valence-corrected chi connectivity index (χ1v) is 7.16. The highest BCUT2D eigenvalue weighted by molar-refractivity contribution is 6.36. The van der Waals surface area contributed by atoms with Crippen LogP contribution in [-0.2, 0) is 0 Å². The Morgan fingerprint density at radius 1 is 1.11 bits per heavy atom. The molecule has 0 radical (unpaired) electrons. The van der Waals surface area contributed by atoms with Crippen molar-refractivity contribution in [3.8, 4) is 11.1 Å². The zero-order valence-corrected chi connectivity index (χ0v) is 12.6. The molecule has 1 unspecified atom stereocenters. The molecule has 1 nitrogen and oxygen atoms in total. The third kappa shape index (κ3) is 3.50. The second-order valence-corrected chi connectivity index (χ2v) is 5.37. The number of benzene rings is 2. The smallest absolute Gasteiger partial charge is 0.0499 e. The summed E-state index contributed by atoms with van der Waals surface area (Å²) in [6.07, 6.45) is 0. The molecule has 0 saturated heterocycles. The number of rotatable bonds is 4. The molecule has 100 valence electrons. The van der Waals surface area contributed by atoms with Crippen LogP contribution in [0.1, 0.15) is 25.5 Å².